The molecule has 1 aromatic carbocycles. The van der Waals surface area contributed by atoms with Crippen LogP contribution in [0, 0.1) is 13.8 Å². The molecule has 7 nitrogen and oxygen atoms in total. The standard InChI is InChI=1S/C23H31N3O4S/c1-5-30-13-17(27)11-26(8-9-29-4)12-20-24-22(28)21-19(14-31-23(21)25-20)18-10-15(2)6-7-16(18)3/h6-7,10,14,17,27H,5,8-9,11-13H2,1-4H3,(H,24,25,28)/t17-/m1/s1. The van der Waals surface area contributed by atoms with Crippen LogP contribution in [0.5, 0.6) is 0 Å². The molecule has 1 atom stereocenters. The lowest BCUT2D eigenvalue weighted by Crippen LogP contribution is -2.37. The Morgan fingerprint density at radius 2 is 2.10 bits per heavy atom. The minimum absolute atomic E-state index is 0.140. The van der Waals surface area contributed by atoms with Gasteiger partial charge in [-0.15, -0.1) is 11.3 Å². The molecule has 0 aliphatic rings. The van der Waals surface area contributed by atoms with Crippen molar-refractivity contribution in [1.82, 2.24) is 14.9 Å². The maximum atomic E-state index is 13.0. The van der Waals surface area contributed by atoms with Gasteiger partial charge in [-0.05, 0) is 31.9 Å². The number of hydrogen-bond donors (Lipinski definition) is 2. The summed E-state index contributed by atoms with van der Waals surface area (Å²) in [5.74, 6) is 0.576. The van der Waals surface area contributed by atoms with E-state index in [1.807, 2.05) is 24.1 Å². The molecular formula is C23H31N3O4S. The molecule has 8 heteroatoms. The van der Waals surface area contributed by atoms with Crippen molar-refractivity contribution >= 4 is 21.6 Å². The second-order valence-corrected chi connectivity index (χ2v) is 8.56. The molecular weight excluding hydrogens is 414 g/mol. The van der Waals surface area contributed by atoms with Gasteiger partial charge in [0.1, 0.15) is 10.7 Å². The number of H-pyrrole nitrogens is 1. The van der Waals surface area contributed by atoms with Gasteiger partial charge in [0.25, 0.3) is 5.56 Å². The number of rotatable bonds is 11. The molecule has 0 bridgehead atoms. The summed E-state index contributed by atoms with van der Waals surface area (Å²) in [6, 6.07) is 6.25. The van der Waals surface area contributed by atoms with E-state index in [4.69, 9.17) is 14.5 Å². The zero-order chi connectivity index (χ0) is 22.4. The molecule has 0 aliphatic heterocycles. The third kappa shape index (κ3) is 5.99. The largest absolute Gasteiger partial charge is 0.389 e. The lowest BCUT2D eigenvalue weighted by Gasteiger charge is -2.24. The molecule has 0 unspecified atom stereocenters. The van der Waals surface area contributed by atoms with Gasteiger partial charge in [-0.1, -0.05) is 23.8 Å². The van der Waals surface area contributed by atoms with Crippen LogP contribution in [0.4, 0.5) is 0 Å². The highest BCUT2D eigenvalue weighted by molar-refractivity contribution is 7.17. The molecule has 31 heavy (non-hydrogen) atoms. The zero-order valence-corrected chi connectivity index (χ0v) is 19.4. The number of fused-ring (bicyclic) bond motifs is 1. The highest BCUT2D eigenvalue weighted by Crippen LogP contribution is 2.33. The molecule has 0 saturated heterocycles. The van der Waals surface area contributed by atoms with Crippen LogP contribution in [0.25, 0.3) is 21.3 Å². The van der Waals surface area contributed by atoms with Gasteiger partial charge < -0.3 is 19.6 Å². The van der Waals surface area contributed by atoms with E-state index in [0.29, 0.717) is 44.1 Å². The van der Waals surface area contributed by atoms with E-state index >= 15 is 0 Å². The maximum absolute atomic E-state index is 13.0. The minimum Gasteiger partial charge on any atom is -0.389 e. The Morgan fingerprint density at radius 3 is 2.84 bits per heavy atom. The van der Waals surface area contributed by atoms with Gasteiger partial charge in [0.2, 0.25) is 0 Å². The molecule has 0 amide bonds. The summed E-state index contributed by atoms with van der Waals surface area (Å²) < 4.78 is 10.5. The quantitative estimate of drug-likeness (QED) is 0.472. The van der Waals surface area contributed by atoms with Gasteiger partial charge in [0, 0.05) is 37.7 Å². The van der Waals surface area contributed by atoms with Crippen LogP contribution < -0.4 is 5.56 Å². The first-order valence-electron chi connectivity index (χ1n) is 10.5. The van der Waals surface area contributed by atoms with E-state index in [0.717, 1.165) is 27.1 Å². The number of ether oxygens (including phenoxy) is 2. The summed E-state index contributed by atoms with van der Waals surface area (Å²) in [6.45, 7) is 8.77. The van der Waals surface area contributed by atoms with Crippen molar-refractivity contribution in [2.45, 2.75) is 33.4 Å². The number of nitrogens with zero attached hydrogens (tertiary/aromatic N) is 2. The Bertz CT molecular complexity index is 1060. The van der Waals surface area contributed by atoms with Crippen molar-refractivity contribution in [3.63, 3.8) is 0 Å². The first-order valence-corrected chi connectivity index (χ1v) is 11.4. The van der Waals surface area contributed by atoms with E-state index in [2.05, 4.69) is 30.1 Å². The summed E-state index contributed by atoms with van der Waals surface area (Å²) in [5, 5.41) is 12.9. The molecule has 3 rings (SSSR count). The summed E-state index contributed by atoms with van der Waals surface area (Å²) in [7, 11) is 1.64. The summed E-state index contributed by atoms with van der Waals surface area (Å²) in [4.78, 5) is 23.4. The van der Waals surface area contributed by atoms with E-state index in [1.54, 1.807) is 7.11 Å². The number of hydrogen-bond acceptors (Lipinski definition) is 7. The van der Waals surface area contributed by atoms with Gasteiger partial charge in [-0.2, -0.15) is 0 Å². The number of aliphatic hydroxyl groups is 1. The summed E-state index contributed by atoms with van der Waals surface area (Å²) in [6.07, 6.45) is -0.620. The third-order valence-electron chi connectivity index (χ3n) is 5.14. The van der Waals surface area contributed by atoms with Crippen LogP contribution in [-0.2, 0) is 16.0 Å². The smallest absolute Gasteiger partial charge is 0.260 e. The fourth-order valence-electron chi connectivity index (χ4n) is 3.56. The van der Waals surface area contributed by atoms with Crippen LogP contribution in [0.3, 0.4) is 0 Å². The SMILES string of the molecule is CCOC[C@H](O)CN(CCOC)Cc1nc2scc(-c3cc(C)ccc3C)c2c(=O)[nH]1. The molecule has 0 radical (unpaired) electrons. The second-order valence-electron chi connectivity index (χ2n) is 7.70. The molecule has 2 N–H and O–H groups in total. The first-order chi connectivity index (χ1) is 14.9. The number of nitrogens with one attached hydrogen (secondary N) is 1. The molecule has 2 aromatic heterocycles. The van der Waals surface area contributed by atoms with Crippen molar-refractivity contribution in [3.8, 4) is 11.1 Å². The van der Waals surface area contributed by atoms with Crippen LogP contribution in [0.2, 0.25) is 0 Å². The van der Waals surface area contributed by atoms with E-state index < -0.39 is 6.10 Å². The number of aromatic amines is 1. The van der Waals surface area contributed by atoms with Crippen LogP contribution >= 0.6 is 11.3 Å². The fourth-order valence-corrected chi connectivity index (χ4v) is 4.52. The monoisotopic (exact) mass is 445 g/mol. The van der Waals surface area contributed by atoms with E-state index in [-0.39, 0.29) is 12.2 Å². The average Bonchev–Trinajstić information content (AvgIpc) is 3.16. The maximum Gasteiger partial charge on any atom is 0.260 e. The van der Waals surface area contributed by atoms with Crippen molar-refractivity contribution in [1.29, 1.82) is 0 Å². The molecule has 168 valence electrons. The Balaban J connectivity index is 1.87. The summed E-state index contributed by atoms with van der Waals surface area (Å²) in [5.41, 5.74) is 4.12. The van der Waals surface area contributed by atoms with E-state index in [1.165, 1.54) is 11.3 Å². The van der Waals surface area contributed by atoms with Crippen molar-refractivity contribution in [2.75, 3.05) is 40.0 Å². The number of methoxy groups -OCH3 is 1. The Labute approximate surface area is 186 Å². The highest BCUT2D eigenvalue weighted by atomic mass is 32.1. The Morgan fingerprint density at radius 1 is 1.29 bits per heavy atom. The topological polar surface area (TPSA) is 87.7 Å². The van der Waals surface area contributed by atoms with Crippen LogP contribution in [-0.4, -0.2) is 66.1 Å². The highest BCUT2D eigenvalue weighted by Gasteiger charge is 2.17. The lowest BCUT2D eigenvalue weighted by atomic mass is 9.99. The molecule has 0 saturated carbocycles. The predicted octanol–water partition coefficient (Wildman–Crippen LogP) is 3.11. The Hall–Kier alpha value is -2.10. The van der Waals surface area contributed by atoms with Crippen molar-refractivity contribution in [3.05, 3.63) is 50.9 Å². The van der Waals surface area contributed by atoms with E-state index in [9.17, 15) is 9.90 Å². The predicted molar refractivity (Wildman–Crippen MR) is 125 cm³/mol. The molecule has 0 fully saturated rings. The first kappa shape index (κ1) is 23.6. The molecule has 0 spiro atoms. The van der Waals surface area contributed by atoms with Crippen molar-refractivity contribution < 1.29 is 14.6 Å². The fraction of sp³-hybridized carbons (Fsp3) is 0.478. The van der Waals surface area contributed by atoms with Crippen LogP contribution in [0.1, 0.15) is 23.9 Å². The van der Waals surface area contributed by atoms with Crippen molar-refractivity contribution in [2.24, 2.45) is 0 Å². The third-order valence-corrected chi connectivity index (χ3v) is 6.02. The number of aliphatic hydroxyl groups excluding tert-OH is 1. The molecule has 2 heterocycles. The number of thiophene rings is 1. The second kappa shape index (κ2) is 11.0. The lowest BCUT2D eigenvalue weighted by molar-refractivity contribution is 0.0144. The van der Waals surface area contributed by atoms with Gasteiger partial charge in [0.05, 0.1) is 31.2 Å². The molecule has 3 aromatic rings. The van der Waals surface area contributed by atoms with Gasteiger partial charge in [-0.25, -0.2) is 4.98 Å². The minimum atomic E-state index is -0.620. The zero-order valence-electron chi connectivity index (χ0n) is 18.6. The van der Waals surface area contributed by atoms with Gasteiger partial charge in [0.15, 0.2) is 0 Å². The number of aryl methyl sites for hydroxylation is 2. The van der Waals surface area contributed by atoms with Crippen LogP contribution in [0.15, 0.2) is 28.4 Å². The molecule has 0 aliphatic carbocycles. The average molecular weight is 446 g/mol. The normalized spacial score (nSPS) is 12.7. The Kier molecular flexibility index (Phi) is 8.34. The summed E-state index contributed by atoms with van der Waals surface area (Å²) >= 11 is 1.48. The van der Waals surface area contributed by atoms with Gasteiger partial charge in [-0.3, -0.25) is 9.69 Å². The van der Waals surface area contributed by atoms with Gasteiger partial charge >= 0.3 is 0 Å². The number of aromatic nitrogens is 2. The number of benzene rings is 1.